The van der Waals surface area contributed by atoms with Crippen LogP contribution in [0.25, 0.3) is 0 Å². The highest BCUT2D eigenvalue weighted by molar-refractivity contribution is 9.10. The van der Waals surface area contributed by atoms with Crippen LogP contribution in [0.1, 0.15) is 12.8 Å². The van der Waals surface area contributed by atoms with Gasteiger partial charge in [-0.2, -0.15) is 0 Å². The number of anilines is 2. The largest absolute Gasteiger partial charge is 0.397 e. The highest BCUT2D eigenvalue weighted by Gasteiger charge is 2.13. The third kappa shape index (κ3) is 3.12. The third-order valence-electron chi connectivity index (χ3n) is 2.94. The fourth-order valence-corrected chi connectivity index (χ4v) is 2.28. The molecule has 1 aromatic rings. The van der Waals surface area contributed by atoms with Gasteiger partial charge in [0.2, 0.25) is 0 Å². The third-order valence-corrected chi connectivity index (χ3v) is 3.43. The zero-order valence-corrected chi connectivity index (χ0v) is 10.8. The van der Waals surface area contributed by atoms with E-state index in [1.807, 2.05) is 18.2 Å². The molecule has 2 rings (SSSR count). The first-order valence-corrected chi connectivity index (χ1v) is 6.41. The molecular formula is C12H17BrN2O. The Hall–Kier alpha value is -0.740. The van der Waals surface area contributed by atoms with Crippen LogP contribution < -0.4 is 11.1 Å². The van der Waals surface area contributed by atoms with Crippen molar-refractivity contribution in [3.05, 3.63) is 22.7 Å². The molecule has 0 saturated carbocycles. The normalized spacial score (nSPS) is 17.3. The summed E-state index contributed by atoms with van der Waals surface area (Å²) in [5.74, 6) is 0.705. The predicted molar refractivity (Wildman–Crippen MR) is 70.6 cm³/mol. The molecule has 0 atom stereocenters. The van der Waals surface area contributed by atoms with Crippen molar-refractivity contribution >= 4 is 27.3 Å². The molecule has 1 saturated heterocycles. The molecule has 88 valence electrons. The summed E-state index contributed by atoms with van der Waals surface area (Å²) in [5.41, 5.74) is 7.74. The van der Waals surface area contributed by atoms with E-state index in [1.165, 1.54) is 0 Å². The van der Waals surface area contributed by atoms with E-state index in [9.17, 15) is 0 Å². The number of nitrogens with two attached hydrogens (primary N) is 1. The Morgan fingerprint density at radius 1 is 1.38 bits per heavy atom. The molecule has 3 nitrogen and oxygen atoms in total. The minimum atomic E-state index is 0.705. The minimum Gasteiger partial charge on any atom is -0.397 e. The van der Waals surface area contributed by atoms with Crippen LogP contribution >= 0.6 is 15.9 Å². The van der Waals surface area contributed by atoms with Crippen LogP contribution in [0.15, 0.2) is 22.7 Å². The second-order valence-electron chi connectivity index (χ2n) is 4.17. The number of benzene rings is 1. The van der Waals surface area contributed by atoms with E-state index in [0.29, 0.717) is 5.92 Å². The lowest BCUT2D eigenvalue weighted by Gasteiger charge is -2.23. The first kappa shape index (κ1) is 11.7. The molecule has 3 N–H and O–H groups in total. The highest BCUT2D eigenvalue weighted by Crippen LogP contribution is 2.24. The van der Waals surface area contributed by atoms with E-state index in [4.69, 9.17) is 10.5 Å². The van der Waals surface area contributed by atoms with E-state index in [1.54, 1.807) is 0 Å². The molecule has 0 amide bonds. The summed E-state index contributed by atoms with van der Waals surface area (Å²) in [6, 6.07) is 5.94. The van der Waals surface area contributed by atoms with Gasteiger partial charge in [0.05, 0.1) is 11.4 Å². The van der Waals surface area contributed by atoms with Gasteiger partial charge in [-0.1, -0.05) is 15.9 Å². The molecule has 1 fully saturated rings. The number of halogens is 1. The molecule has 0 radical (unpaired) electrons. The number of rotatable bonds is 3. The van der Waals surface area contributed by atoms with Gasteiger partial charge >= 0.3 is 0 Å². The fraction of sp³-hybridized carbons (Fsp3) is 0.500. The number of nitrogens with one attached hydrogen (secondary N) is 1. The average molecular weight is 285 g/mol. The van der Waals surface area contributed by atoms with Gasteiger partial charge in [0, 0.05) is 24.2 Å². The van der Waals surface area contributed by atoms with Gasteiger partial charge in [-0.05, 0) is 37.0 Å². The topological polar surface area (TPSA) is 47.3 Å². The van der Waals surface area contributed by atoms with Gasteiger partial charge in [0.15, 0.2) is 0 Å². The van der Waals surface area contributed by atoms with Crippen LogP contribution in [0.2, 0.25) is 0 Å². The first-order valence-electron chi connectivity index (χ1n) is 5.62. The maximum atomic E-state index is 5.92. The summed E-state index contributed by atoms with van der Waals surface area (Å²) in [4.78, 5) is 0. The zero-order valence-electron chi connectivity index (χ0n) is 9.21. The van der Waals surface area contributed by atoms with Gasteiger partial charge in [0.25, 0.3) is 0 Å². The van der Waals surface area contributed by atoms with Crippen molar-refractivity contribution in [2.24, 2.45) is 5.92 Å². The summed E-state index contributed by atoms with van der Waals surface area (Å²) in [7, 11) is 0. The molecule has 1 aliphatic heterocycles. The van der Waals surface area contributed by atoms with Crippen LogP contribution in [0.5, 0.6) is 0 Å². The van der Waals surface area contributed by atoms with Crippen LogP contribution in [-0.2, 0) is 4.74 Å². The smallest absolute Gasteiger partial charge is 0.0574 e. The van der Waals surface area contributed by atoms with Gasteiger partial charge in [-0.25, -0.2) is 0 Å². The molecule has 1 heterocycles. The molecule has 0 unspecified atom stereocenters. The van der Waals surface area contributed by atoms with Crippen molar-refractivity contribution < 1.29 is 4.74 Å². The van der Waals surface area contributed by atoms with E-state index in [0.717, 1.165) is 48.4 Å². The number of ether oxygens (including phenoxy) is 1. The van der Waals surface area contributed by atoms with Gasteiger partial charge in [-0.15, -0.1) is 0 Å². The average Bonchev–Trinajstić information content (AvgIpc) is 2.29. The van der Waals surface area contributed by atoms with E-state index >= 15 is 0 Å². The van der Waals surface area contributed by atoms with Crippen LogP contribution in [0.4, 0.5) is 11.4 Å². The summed E-state index contributed by atoms with van der Waals surface area (Å²) in [6.07, 6.45) is 2.28. The molecule has 1 aliphatic rings. The Bertz CT molecular complexity index is 351. The van der Waals surface area contributed by atoms with Crippen molar-refractivity contribution in [2.45, 2.75) is 12.8 Å². The van der Waals surface area contributed by atoms with E-state index in [-0.39, 0.29) is 0 Å². The molecule has 4 heteroatoms. The lowest BCUT2D eigenvalue weighted by atomic mass is 10.0. The van der Waals surface area contributed by atoms with Crippen molar-refractivity contribution in [2.75, 3.05) is 30.8 Å². The molecule has 1 aromatic carbocycles. The Kier molecular flexibility index (Phi) is 4.07. The van der Waals surface area contributed by atoms with Gasteiger partial charge in [0.1, 0.15) is 0 Å². The minimum absolute atomic E-state index is 0.705. The Labute approximate surface area is 104 Å². The highest BCUT2D eigenvalue weighted by atomic mass is 79.9. The summed E-state index contributed by atoms with van der Waals surface area (Å²) >= 11 is 3.40. The van der Waals surface area contributed by atoms with Gasteiger partial charge < -0.3 is 15.8 Å². The van der Waals surface area contributed by atoms with Crippen molar-refractivity contribution in [3.63, 3.8) is 0 Å². The zero-order chi connectivity index (χ0) is 11.4. The van der Waals surface area contributed by atoms with Gasteiger partial charge in [-0.3, -0.25) is 0 Å². The number of nitrogen functional groups attached to an aromatic ring is 1. The maximum Gasteiger partial charge on any atom is 0.0574 e. The van der Waals surface area contributed by atoms with Crippen LogP contribution in [-0.4, -0.2) is 19.8 Å². The second-order valence-corrected chi connectivity index (χ2v) is 5.08. The Morgan fingerprint density at radius 2 is 2.12 bits per heavy atom. The maximum absolute atomic E-state index is 5.92. The second kappa shape index (κ2) is 5.55. The van der Waals surface area contributed by atoms with Crippen LogP contribution in [0.3, 0.4) is 0 Å². The summed E-state index contributed by atoms with van der Waals surface area (Å²) in [6.45, 7) is 2.76. The Balaban J connectivity index is 1.88. The quantitative estimate of drug-likeness (QED) is 0.839. The SMILES string of the molecule is Nc1cc(Br)ccc1NCC1CCOCC1. The van der Waals surface area contributed by atoms with Crippen molar-refractivity contribution in [3.8, 4) is 0 Å². The lowest BCUT2D eigenvalue weighted by molar-refractivity contribution is 0.0699. The monoisotopic (exact) mass is 284 g/mol. The molecule has 0 aliphatic carbocycles. The first-order chi connectivity index (χ1) is 7.75. The van der Waals surface area contributed by atoms with E-state index in [2.05, 4.69) is 21.2 Å². The van der Waals surface area contributed by atoms with Crippen molar-refractivity contribution in [1.29, 1.82) is 0 Å². The molecule has 0 aromatic heterocycles. The number of hydrogen-bond donors (Lipinski definition) is 2. The Morgan fingerprint density at radius 3 is 2.81 bits per heavy atom. The summed E-state index contributed by atoms with van der Waals surface area (Å²) < 4.78 is 6.35. The lowest BCUT2D eigenvalue weighted by Crippen LogP contribution is -2.22. The molecular weight excluding hydrogens is 268 g/mol. The molecule has 0 spiro atoms. The fourth-order valence-electron chi connectivity index (χ4n) is 1.90. The van der Waals surface area contributed by atoms with Crippen molar-refractivity contribution in [1.82, 2.24) is 0 Å². The molecule has 0 bridgehead atoms. The summed E-state index contributed by atoms with van der Waals surface area (Å²) in [5, 5.41) is 3.41. The molecule has 16 heavy (non-hydrogen) atoms. The van der Waals surface area contributed by atoms with E-state index < -0.39 is 0 Å². The number of hydrogen-bond acceptors (Lipinski definition) is 3. The predicted octanol–water partition coefficient (Wildman–Crippen LogP) is 2.87. The standard InChI is InChI=1S/C12H17BrN2O/c13-10-1-2-12(11(14)7-10)15-8-9-3-5-16-6-4-9/h1-2,7,9,15H,3-6,8,14H2. The van der Waals surface area contributed by atoms with Crippen LogP contribution in [0, 0.1) is 5.92 Å².